The van der Waals surface area contributed by atoms with Crippen LogP contribution in [0.15, 0.2) is 16.6 Å². The van der Waals surface area contributed by atoms with Gasteiger partial charge in [-0.15, -0.1) is 0 Å². The van der Waals surface area contributed by atoms with Gasteiger partial charge in [-0.25, -0.2) is 4.79 Å². The molecule has 6 nitrogen and oxygen atoms in total. The van der Waals surface area contributed by atoms with E-state index >= 15 is 0 Å². The molecule has 7 heteroatoms. The van der Waals surface area contributed by atoms with Gasteiger partial charge in [0.05, 0.1) is 18.7 Å². The second-order valence-electron chi connectivity index (χ2n) is 4.85. The summed E-state index contributed by atoms with van der Waals surface area (Å²) in [5.41, 5.74) is 1.51. The van der Waals surface area contributed by atoms with Gasteiger partial charge in [-0.2, -0.15) is 0 Å². The van der Waals surface area contributed by atoms with Crippen molar-refractivity contribution in [2.45, 2.75) is 13.8 Å². The first kappa shape index (κ1) is 17.3. The number of carboxylic acids is 1. The number of halogens is 1. The fraction of sp³-hybridized carbons (Fsp3) is 0.429. The van der Waals surface area contributed by atoms with Crippen molar-refractivity contribution < 1.29 is 19.4 Å². The molecule has 0 saturated carbocycles. The van der Waals surface area contributed by atoms with Crippen molar-refractivity contribution in [1.29, 1.82) is 0 Å². The third-order valence-electron chi connectivity index (χ3n) is 3.04. The van der Waals surface area contributed by atoms with Crippen molar-refractivity contribution in [3.05, 3.63) is 22.2 Å². The number of amides is 2. The van der Waals surface area contributed by atoms with Gasteiger partial charge in [-0.1, -0.05) is 22.9 Å². The van der Waals surface area contributed by atoms with Crippen LogP contribution in [0.2, 0.25) is 0 Å². The summed E-state index contributed by atoms with van der Waals surface area (Å²) < 4.78 is 6.08. The lowest BCUT2D eigenvalue weighted by molar-refractivity contribution is -0.141. The molecule has 0 bridgehead atoms. The van der Waals surface area contributed by atoms with Crippen LogP contribution < -0.4 is 10.1 Å². The maximum atomic E-state index is 12.1. The van der Waals surface area contributed by atoms with Crippen LogP contribution >= 0.6 is 15.9 Å². The molecule has 116 valence electrons. The summed E-state index contributed by atoms with van der Waals surface area (Å²) in [7, 11) is 3.07. The number of rotatable bonds is 5. The van der Waals surface area contributed by atoms with E-state index in [1.54, 1.807) is 26.1 Å². The maximum Gasteiger partial charge on any atom is 0.321 e. The molecule has 0 heterocycles. The van der Waals surface area contributed by atoms with Gasteiger partial charge in [-0.05, 0) is 24.6 Å². The van der Waals surface area contributed by atoms with Crippen molar-refractivity contribution in [2.24, 2.45) is 5.92 Å². The minimum Gasteiger partial charge on any atom is -0.495 e. The summed E-state index contributed by atoms with van der Waals surface area (Å²) in [6, 6.07) is 3.16. The number of anilines is 1. The number of aliphatic carboxylic acids is 1. The molecular weight excluding hydrogens is 340 g/mol. The predicted molar refractivity (Wildman–Crippen MR) is 83.9 cm³/mol. The molecule has 2 amide bonds. The van der Waals surface area contributed by atoms with Crippen molar-refractivity contribution in [1.82, 2.24) is 4.90 Å². The SMILES string of the molecule is COc1cc(C)c(Br)cc1NC(=O)N(C)CC(C)C(=O)O. The Labute approximate surface area is 132 Å². The highest BCUT2D eigenvalue weighted by molar-refractivity contribution is 9.10. The van der Waals surface area contributed by atoms with Gasteiger partial charge in [0.25, 0.3) is 0 Å². The number of ether oxygens (including phenoxy) is 1. The summed E-state index contributed by atoms with van der Waals surface area (Å²) in [6.07, 6.45) is 0. The number of hydrogen-bond donors (Lipinski definition) is 2. The van der Waals surface area contributed by atoms with Crippen LogP contribution in [-0.4, -0.2) is 42.7 Å². The van der Waals surface area contributed by atoms with Crippen LogP contribution in [-0.2, 0) is 4.79 Å². The molecule has 0 aliphatic heterocycles. The zero-order chi connectivity index (χ0) is 16.2. The lowest BCUT2D eigenvalue weighted by atomic mass is 10.2. The quantitative estimate of drug-likeness (QED) is 0.847. The Bertz CT molecular complexity index is 548. The summed E-state index contributed by atoms with van der Waals surface area (Å²) >= 11 is 3.40. The average molecular weight is 359 g/mol. The Hall–Kier alpha value is -1.76. The lowest BCUT2D eigenvalue weighted by Gasteiger charge is -2.21. The number of benzene rings is 1. The molecule has 1 rings (SSSR count). The number of hydrogen-bond acceptors (Lipinski definition) is 3. The number of methoxy groups -OCH3 is 1. The fourth-order valence-electron chi connectivity index (χ4n) is 1.70. The van der Waals surface area contributed by atoms with Gasteiger partial charge in [0.2, 0.25) is 0 Å². The van der Waals surface area contributed by atoms with E-state index in [4.69, 9.17) is 9.84 Å². The first-order chi connectivity index (χ1) is 9.76. The van der Waals surface area contributed by atoms with Crippen molar-refractivity contribution >= 4 is 33.6 Å². The van der Waals surface area contributed by atoms with Crippen LogP contribution in [0.1, 0.15) is 12.5 Å². The number of aryl methyl sites for hydroxylation is 1. The van der Waals surface area contributed by atoms with Crippen LogP contribution in [0.4, 0.5) is 10.5 Å². The van der Waals surface area contributed by atoms with Crippen molar-refractivity contribution in [3.63, 3.8) is 0 Å². The minimum atomic E-state index is -0.940. The molecule has 0 radical (unpaired) electrons. The van der Waals surface area contributed by atoms with E-state index in [1.165, 1.54) is 12.0 Å². The molecule has 1 aromatic rings. The topological polar surface area (TPSA) is 78.9 Å². The Morgan fingerprint density at radius 3 is 2.62 bits per heavy atom. The highest BCUT2D eigenvalue weighted by Crippen LogP contribution is 2.31. The van der Waals surface area contributed by atoms with Crippen molar-refractivity contribution in [2.75, 3.05) is 26.0 Å². The molecule has 2 N–H and O–H groups in total. The van der Waals surface area contributed by atoms with Crippen LogP contribution in [0.25, 0.3) is 0 Å². The first-order valence-corrected chi connectivity index (χ1v) is 7.14. The molecule has 0 spiro atoms. The maximum absolute atomic E-state index is 12.1. The highest BCUT2D eigenvalue weighted by atomic mass is 79.9. The molecule has 0 saturated heterocycles. The number of nitrogens with zero attached hydrogens (tertiary/aromatic N) is 1. The van der Waals surface area contributed by atoms with Gasteiger partial charge >= 0.3 is 12.0 Å². The summed E-state index contributed by atoms with van der Waals surface area (Å²) in [5.74, 6) is -1.03. The number of carbonyl (C=O) groups is 2. The molecule has 1 aromatic carbocycles. The Balaban J connectivity index is 2.83. The second-order valence-corrected chi connectivity index (χ2v) is 5.71. The third-order valence-corrected chi connectivity index (χ3v) is 3.89. The fourth-order valence-corrected chi connectivity index (χ4v) is 2.05. The van der Waals surface area contributed by atoms with Gasteiger partial charge in [0, 0.05) is 18.1 Å². The number of carbonyl (C=O) groups excluding carboxylic acids is 1. The molecule has 0 aromatic heterocycles. The standard InChI is InChI=1S/C14H19BrN2O4/c1-8-5-12(21-4)11(6-10(8)15)16-14(20)17(3)7-9(2)13(18)19/h5-6,9H,7H2,1-4H3,(H,16,20)(H,18,19). The monoisotopic (exact) mass is 358 g/mol. The van der Waals surface area contributed by atoms with Crippen LogP contribution in [0.5, 0.6) is 5.75 Å². The number of carboxylic acid groups (broad SMARTS) is 1. The molecular formula is C14H19BrN2O4. The van der Waals surface area contributed by atoms with Crippen LogP contribution in [0, 0.1) is 12.8 Å². The smallest absolute Gasteiger partial charge is 0.321 e. The van der Waals surface area contributed by atoms with Crippen molar-refractivity contribution in [3.8, 4) is 5.75 Å². The van der Waals surface area contributed by atoms with Gasteiger partial charge < -0.3 is 20.1 Å². The summed E-state index contributed by atoms with van der Waals surface area (Å²) in [6.45, 7) is 3.59. The van der Waals surface area contributed by atoms with Gasteiger partial charge in [0.15, 0.2) is 0 Å². The normalized spacial score (nSPS) is 11.7. The molecule has 0 fully saturated rings. The number of nitrogens with one attached hydrogen (secondary N) is 1. The molecule has 1 atom stereocenters. The van der Waals surface area contributed by atoms with E-state index in [0.29, 0.717) is 11.4 Å². The third kappa shape index (κ3) is 4.63. The number of urea groups is 1. The largest absolute Gasteiger partial charge is 0.495 e. The Morgan fingerprint density at radius 1 is 1.48 bits per heavy atom. The van der Waals surface area contributed by atoms with Gasteiger partial charge in [-0.3, -0.25) is 4.79 Å². The summed E-state index contributed by atoms with van der Waals surface area (Å²) in [4.78, 5) is 24.2. The van der Waals surface area contributed by atoms with E-state index in [2.05, 4.69) is 21.2 Å². The van der Waals surface area contributed by atoms with E-state index in [1.807, 2.05) is 6.92 Å². The predicted octanol–water partition coefficient (Wildman–Crippen LogP) is 2.95. The summed E-state index contributed by atoms with van der Waals surface area (Å²) in [5, 5.41) is 11.6. The van der Waals surface area contributed by atoms with E-state index in [0.717, 1.165) is 10.0 Å². The van der Waals surface area contributed by atoms with E-state index < -0.39 is 17.9 Å². The van der Waals surface area contributed by atoms with Crippen LogP contribution in [0.3, 0.4) is 0 Å². The Morgan fingerprint density at radius 2 is 2.10 bits per heavy atom. The van der Waals surface area contributed by atoms with Gasteiger partial charge in [0.1, 0.15) is 5.75 Å². The zero-order valence-electron chi connectivity index (χ0n) is 12.4. The molecule has 1 unspecified atom stereocenters. The highest BCUT2D eigenvalue weighted by Gasteiger charge is 2.18. The first-order valence-electron chi connectivity index (χ1n) is 6.35. The Kier molecular flexibility index (Phi) is 6.02. The van der Waals surface area contributed by atoms with E-state index in [9.17, 15) is 9.59 Å². The molecule has 21 heavy (non-hydrogen) atoms. The lowest BCUT2D eigenvalue weighted by Crippen LogP contribution is -2.36. The van der Waals surface area contributed by atoms with E-state index in [-0.39, 0.29) is 6.54 Å². The second kappa shape index (κ2) is 7.31. The molecule has 0 aliphatic rings. The molecule has 0 aliphatic carbocycles. The zero-order valence-corrected chi connectivity index (χ0v) is 14.0. The minimum absolute atomic E-state index is 0.122. The average Bonchev–Trinajstić information content (AvgIpc) is 2.42.